The van der Waals surface area contributed by atoms with Crippen molar-refractivity contribution < 1.29 is 0 Å². The second kappa shape index (κ2) is 6.25. The van der Waals surface area contributed by atoms with Gasteiger partial charge in [-0.3, -0.25) is 4.90 Å². The molecule has 1 fully saturated rings. The summed E-state index contributed by atoms with van der Waals surface area (Å²) < 4.78 is 0. The summed E-state index contributed by atoms with van der Waals surface area (Å²) in [4.78, 5) is 2.47. The van der Waals surface area contributed by atoms with Crippen LogP contribution in [0.2, 0.25) is 10.0 Å². The van der Waals surface area contributed by atoms with Gasteiger partial charge in [-0.15, -0.1) is 0 Å². The molecule has 18 heavy (non-hydrogen) atoms. The molecule has 2 atom stereocenters. The molecule has 0 aromatic heterocycles. The lowest BCUT2D eigenvalue weighted by molar-refractivity contribution is 0.131. The molecule has 1 aromatic rings. The van der Waals surface area contributed by atoms with Crippen LogP contribution in [0.5, 0.6) is 0 Å². The third-order valence-corrected chi connectivity index (χ3v) is 4.26. The fourth-order valence-corrected chi connectivity index (χ4v) is 2.74. The van der Waals surface area contributed by atoms with Crippen LogP contribution in [-0.2, 0) is 6.54 Å². The minimum Gasteiger partial charge on any atom is -0.311 e. The lowest BCUT2D eigenvalue weighted by atomic mass is 10.1. The van der Waals surface area contributed by atoms with Crippen LogP contribution in [-0.4, -0.2) is 30.1 Å². The third-order valence-electron chi connectivity index (χ3n) is 3.65. The minimum atomic E-state index is 0.530. The highest BCUT2D eigenvalue weighted by Gasteiger charge is 2.24. The van der Waals surface area contributed by atoms with Crippen LogP contribution in [0.3, 0.4) is 0 Å². The summed E-state index contributed by atoms with van der Waals surface area (Å²) in [5.41, 5.74) is 1.12. The Morgan fingerprint density at radius 1 is 1.39 bits per heavy atom. The minimum absolute atomic E-state index is 0.530. The first-order valence-electron chi connectivity index (χ1n) is 6.51. The number of rotatable bonds is 3. The van der Waals surface area contributed by atoms with Crippen molar-refractivity contribution in [2.24, 2.45) is 0 Å². The summed E-state index contributed by atoms with van der Waals surface area (Å²) >= 11 is 12.3. The molecule has 0 spiro atoms. The Kier molecular flexibility index (Phi) is 4.91. The van der Waals surface area contributed by atoms with E-state index in [9.17, 15) is 0 Å². The average molecular weight is 287 g/mol. The molecular weight excluding hydrogens is 267 g/mol. The van der Waals surface area contributed by atoms with Crippen molar-refractivity contribution in [3.8, 4) is 0 Å². The molecule has 0 aliphatic carbocycles. The zero-order valence-corrected chi connectivity index (χ0v) is 12.4. The van der Waals surface area contributed by atoms with Gasteiger partial charge in [-0.05, 0) is 37.1 Å². The van der Waals surface area contributed by atoms with E-state index in [2.05, 4.69) is 24.1 Å². The monoisotopic (exact) mass is 286 g/mol. The van der Waals surface area contributed by atoms with Crippen molar-refractivity contribution in [1.82, 2.24) is 10.2 Å². The van der Waals surface area contributed by atoms with Crippen molar-refractivity contribution in [3.05, 3.63) is 33.8 Å². The lowest BCUT2D eigenvalue weighted by Gasteiger charge is -2.38. The fourth-order valence-electron chi connectivity index (χ4n) is 2.37. The van der Waals surface area contributed by atoms with Crippen molar-refractivity contribution >= 4 is 23.2 Å². The van der Waals surface area contributed by atoms with Crippen molar-refractivity contribution in [1.29, 1.82) is 0 Å². The number of nitrogens with zero attached hydrogens (tertiary/aromatic N) is 1. The first kappa shape index (κ1) is 14.1. The summed E-state index contributed by atoms with van der Waals surface area (Å²) in [5, 5.41) is 5.12. The van der Waals surface area contributed by atoms with Crippen LogP contribution < -0.4 is 5.32 Å². The van der Waals surface area contributed by atoms with Crippen molar-refractivity contribution in [3.63, 3.8) is 0 Å². The predicted octanol–water partition coefficient (Wildman–Crippen LogP) is 3.57. The van der Waals surface area contributed by atoms with E-state index in [1.165, 1.54) is 0 Å². The summed E-state index contributed by atoms with van der Waals surface area (Å²) in [6.45, 7) is 7.45. The van der Waals surface area contributed by atoms with Crippen LogP contribution in [0.4, 0.5) is 0 Å². The Labute approximate surface area is 119 Å². The predicted molar refractivity (Wildman–Crippen MR) is 78.4 cm³/mol. The van der Waals surface area contributed by atoms with Gasteiger partial charge in [0, 0.05) is 41.8 Å². The molecule has 1 N–H and O–H groups in total. The maximum absolute atomic E-state index is 6.23. The van der Waals surface area contributed by atoms with E-state index in [1.807, 2.05) is 18.2 Å². The Bertz CT molecular complexity index is 409. The maximum atomic E-state index is 6.23. The molecule has 1 aliphatic heterocycles. The van der Waals surface area contributed by atoms with Gasteiger partial charge in [0.05, 0.1) is 0 Å². The summed E-state index contributed by atoms with van der Waals surface area (Å²) in [5.74, 6) is 0. The van der Waals surface area contributed by atoms with Crippen LogP contribution in [0.15, 0.2) is 18.2 Å². The normalized spacial score (nSPS) is 25.3. The van der Waals surface area contributed by atoms with Gasteiger partial charge in [-0.25, -0.2) is 0 Å². The molecular formula is C14H20Cl2N2. The number of hydrogen-bond donors (Lipinski definition) is 1. The molecule has 2 rings (SSSR count). The van der Waals surface area contributed by atoms with Crippen LogP contribution in [0.1, 0.15) is 25.8 Å². The lowest BCUT2D eigenvalue weighted by Crippen LogP contribution is -2.54. The molecule has 1 aliphatic rings. The van der Waals surface area contributed by atoms with Gasteiger partial charge in [0.1, 0.15) is 0 Å². The second-order valence-corrected chi connectivity index (χ2v) is 5.87. The van der Waals surface area contributed by atoms with E-state index in [4.69, 9.17) is 23.2 Å². The Morgan fingerprint density at radius 3 is 2.89 bits per heavy atom. The van der Waals surface area contributed by atoms with Gasteiger partial charge >= 0.3 is 0 Å². The summed E-state index contributed by atoms with van der Waals surface area (Å²) in [6.07, 6.45) is 1.16. The number of nitrogens with one attached hydrogen (secondary N) is 1. The fraction of sp³-hybridized carbons (Fsp3) is 0.571. The van der Waals surface area contributed by atoms with Gasteiger partial charge in [0.15, 0.2) is 0 Å². The van der Waals surface area contributed by atoms with E-state index < -0.39 is 0 Å². The molecule has 1 heterocycles. The van der Waals surface area contributed by atoms with E-state index in [0.29, 0.717) is 12.1 Å². The molecule has 2 nitrogen and oxygen atoms in total. The van der Waals surface area contributed by atoms with E-state index in [0.717, 1.165) is 41.7 Å². The smallest absolute Gasteiger partial charge is 0.0452 e. The largest absolute Gasteiger partial charge is 0.311 e. The second-order valence-electron chi connectivity index (χ2n) is 5.03. The zero-order valence-electron chi connectivity index (χ0n) is 10.9. The topological polar surface area (TPSA) is 15.3 Å². The van der Waals surface area contributed by atoms with Crippen molar-refractivity contribution in [2.45, 2.75) is 38.9 Å². The number of benzene rings is 1. The van der Waals surface area contributed by atoms with E-state index in [1.54, 1.807) is 0 Å². The highest BCUT2D eigenvalue weighted by Crippen LogP contribution is 2.23. The molecule has 1 aromatic carbocycles. The number of piperazine rings is 1. The Hall–Kier alpha value is -0.280. The average Bonchev–Trinajstić information content (AvgIpc) is 2.36. The van der Waals surface area contributed by atoms with Crippen LogP contribution in [0, 0.1) is 0 Å². The first-order chi connectivity index (χ1) is 8.60. The first-order valence-corrected chi connectivity index (χ1v) is 7.27. The standard InChI is InChI=1S/C14H20Cl2N2/c1-3-13-9-18(10(2)7-17-13)8-11-6-12(15)4-5-14(11)16/h4-6,10,13,17H,3,7-9H2,1-2H3. The van der Waals surface area contributed by atoms with Crippen molar-refractivity contribution in [2.75, 3.05) is 13.1 Å². The van der Waals surface area contributed by atoms with Crippen LogP contribution in [0.25, 0.3) is 0 Å². The molecule has 0 amide bonds. The highest BCUT2D eigenvalue weighted by atomic mass is 35.5. The number of halogens is 2. The molecule has 0 bridgehead atoms. The molecule has 0 saturated carbocycles. The van der Waals surface area contributed by atoms with E-state index in [-0.39, 0.29) is 0 Å². The van der Waals surface area contributed by atoms with Gasteiger partial charge in [-0.1, -0.05) is 30.1 Å². The van der Waals surface area contributed by atoms with Gasteiger partial charge in [-0.2, -0.15) is 0 Å². The third kappa shape index (κ3) is 3.39. The van der Waals surface area contributed by atoms with Gasteiger partial charge in [0.25, 0.3) is 0 Å². The molecule has 4 heteroatoms. The Balaban J connectivity index is 2.09. The molecule has 100 valence electrons. The highest BCUT2D eigenvalue weighted by molar-refractivity contribution is 6.33. The van der Waals surface area contributed by atoms with Crippen LogP contribution >= 0.6 is 23.2 Å². The zero-order chi connectivity index (χ0) is 13.1. The van der Waals surface area contributed by atoms with Gasteiger partial charge < -0.3 is 5.32 Å². The molecule has 0 radical (unpaired) electrons. The molecule has 1 saturated heterocycles. The molecule has 2 unspecified atom stereocenters. The quantitative estimate of drug-likeness (QED) is 0.914. The Morgan fingerprint density at radius 2 is 2.17 bits per heavy atom. The SMILES string of the molecule is CCC1CN(Cc2cc(Cl)ccc2Cl)C(C)CN1. The maximum Gasteiger partial charge on any atom is 0.0452 e. The van der Waals surface area contributed by atoms with Gasteiger partial charge in [0.2, 0.25) is 0 Å². The number of hydrogen-bond acceptors (Lipinski definition) is 2. The summed E-state index contributed by atoms with van der Waals surface area (Å²) in [6, 6.07) is 6.80. The van der Waals surface area contributed by atoms with E-state index >= 15 is 0 Å². The summed E-state index contributed by atoms with van der Waals surface area (Å²) in [7, 11) is 0.